The van der Waals surface area contributed by atoms with Crippen molar-refractivity contribution in [1.29, 1.82) is 0 Å². The lowest BCUT2D eigenvalue weighted by Gasteiger charge is -2.06. The van der Waals surface area contributed by atoms with Gasteiger partial charge >= 0.3 is 0 Å². The molecule has 0 aliphatic rings. The van der Waals surface area contributed by atoms with Crippen LogP contribution in [0.3, 0.4) is 0 Å². The lowest BCUT2D eigenvalue weighted by molar-refractivity contribution is 0.0958. The third-order valence-corrected chi connectivity index (χ3v) is 4.46. The second-order valence-corrected chi connectivity index (χ2v) is 6.75. The van der Waals surface area contributed by atoms with E-state index in [1.165, 1.54) is 13.1 Å². The van der Waals surface area contributed by atoms with E-state index < -0.39 is 11.8 Å². The van der Waals surface area contributed by atoms with E-state index in [2.05, 4.69) is 15.7 Å². The lowest BCUT2D eigenvalue weighted by atomic mass is 10.3. The summed E-state index contributed by atoms with van der Waals surface area (Å²) in [6.45, 7) is 2.50. The zero-order chi connectivity index (χ0) is 21.0. The quantitative estimate of drug-likeness (QED) is 0.583. The first-order valence-corrected chi connectivity index (χ1v) is 9.44. The fraction of sp³-hybridized carbons (Fsp3) is 0.211. The molecule has 0 unspecified atom stereocenters. The van der Waals surface area contributed by atoms with Gasteiger partial charge in [0.15, 0.2) is 11.5 Å². The summed E-state index contributed by atoms with van der Waals surface area (Å²) >= 11 is 11.9. The number of anilines is 1. The summed E-state index contributed by atoms with van der Waals surface area (Å²) in [4.78, 5) is 24.5. The largest absolute Gasteiger partial charge is 0.484 e. The van der Waals surface area contributed by atoms with Crippen LogP contribution in [-0.2, 0) is 13.2 Å². The number of hydrogen-bond acceptors (Lipinski definition) is 5. The van der Waals surface area contributed by atoms with Crippen molar-refractivity contribution < 1.29 is 18.7 Å². The molecule has 3 rings (SSSR count). The van der Waals surface area contributed by atoms with Crippen molar-refractivity contribution in [3.63, 3.8) is 0 Å². The highest BCUT2D eigenvalue weighted by Crippen LogP contribution is 2.28. The molecule has 0 aliphatic carbocycles. The van der Waals surface area contributed by atoms with Gasteiger partial charge in [0.25, 0.3) is 11.8 Å². The minimum Gasteiger partial charge on any atom is -0.484 e. The number of hydrogen-bond donors (Lipinski definition) is 2. The second-order valence-electron chi connectivity index (χ2n) is 5.91. The molecule has 0 atom stereocenters. The molecule has 2 aromatic heterocycles. The van der Waals surface area contributed by atoms with Gasteiger partial charge < -0.3 is 19.8 Å². The fourth-order valence-corrected chi connectivity index (χ4v) is 2.93. The molecule has 10 heteroatoms. The summed E-state index contributed by atoms with van der Waals surface area (Å²) in [7, 11) is 1.49. The summed E-state index contributed by atoms with van der Waals surface area (Å²) in [6.07, 6.45) is 1.58. The van der Waals surface area contributed by atoms with Crippen LogP contribution in [0.4, 0.5) is 5.69 Å². The maximum Gasteiger partial charge on any atom is 0.291 e. The normalized spacial score (nSPS) is 10.6. The Balaban J connectivity index is 1.68. The number of aryl methyl sites for hydroxylation is 1. The Morgan fingerprint density at radius 3 is 2.69 bits per heavy atom. The van der Waals surface area contributed by atoms with Crippen LogP contribution in [-0.4, -0.2) is 28.6 Å². The van der Waals surface area contributed by atoms with Gasteiger partial charge in [0.2, 0.25) is 0 Å². The average Bonchev–Trinajstić information content (AvgIpc) is 3.33. The topological polar surface area (TPSA) is 98.4 Å². The van der Waals surface area contributed by atoms with Crippen LogP contribution in [0.2, 0.25) is 10.0 Å². The first-order valence-electron chi connectivity index (χ1n) is 8.68. The molecule has 0 aliphatic heterocycles. The van der Waals surface area contributed by atoms with Gasteiger partial charge in [0.05, 0.1) is 10.7 Å². The summed E-state index contributed by atoms with van der Waals surface area (Å²) in [5.41, 5.74) is 0.411. The number of halogens is 2. The minimum absolute atomic E-state index is 0.0675. The average molecular weight is 437 g/mol. The highest BCUT2D eigenvalue weighted by Gasteiger charge is 2.20. The number of nitrogens with zero attached hydrogens (tertiary/aromatic N) is 2. The molecule has 0 saturated carbocycles. The lowest BCUT2D eigenvalue weighted by Crippen LogP contribution is -2.21. The Bertz CT molecular complexity index is 1040. The number of ether oxygens (including phenoxy) is 1. The smallest absolute Gasteiger partial charge is 0.291 e. The number of aromatic nitrogens is 2. The summed E-state index contributed by atoms with van der Waals surface area (Å²) in [5, 5.41) is 10.2. The monoisotopic (exact) mass is 436 g/mol. The first-order chi connectivity index (χ1) is 13.9. The van der Waals surface area contributed by atoms with E-state index in [1.54, 1.807) is 35.1 Å². The van der Waals surface area contributed by atoms with Gasteiger partial charge in [-0.05, 0) is 37.3 Å². The summed E-state index contributed by atoms with van der Waals surface area (Å²) in [6, 6.07) is 8.01. The van der Waals surface area contributed by atoms with Crippen LogP contribution < -0.4 is 15.4 Å². The molecule has 0 bridgehead atoms. The SMILES string of the molecule is CCn1cc(NC(=O)c2ccc(COc3ccc(Cl)cc3Cl)o2)c(C(=O)NC)n1. The van der Waals surface area contributed by atoms with E-state index >= 15 is 0 Å². The van der Waals surface area contributed by atoms with Crippen molar-refractivity contribution in [2.24, 2.45) is 0 Å². The van der Waals surface area contributed by atoms with Crippen LogP contribution in [0.15, 0.2) is 40.9 Å². The van der Waals surface area contributed by atoms with Crippen molar-refractivity contribution >= 4 is 40.7 Å². The number of furan rings is 1. The third-order valence-electron chi connectivity index (χ3n) is 3.93. The Hall–Kier alpha value is -2.97. The highest BCUT2D eigenvalue weighted by atomic mass is 35.5. The molecule has 0 fully saturated rings. The van der Waals surface area contributed by atoms with Gasteiger partial charge in [-0.25, -0.2) is 0 Å². The fourth-order valence-electron chi connectivity index (χ4n) is 2.46. The molecule has 0 saturated heterocycles. The van der Waals surface area contributed by atoms with Crippen LogP contribution in [0.25, 0.3) is 0 Å². The molecular formula is C19H18Cl2N4O4. The van der Waals surface area contributed by atoms with E-state index in [-0.39, 0.29) is 18.1 Å². The van der Waals surface area contributed by atoms with Crippen LogP contribution in [0.5, 0.6) is 5.75 Å². The zero-order valence-corrected chi connectivity index (χ0v) is 17.2. The van der Waals surface area contributed by atoms with E-state index in [1.807, 2.05) is 6.92 Å². The van der Waals surface area contributed by atoms with E-state index in [0.717, 1.165) is 0 Å². The molecule has 0 spiro atoms. The molecule has 2 heterocycles. The van der Waals surface area contributed by atoms with Crippen LogP contribution in [0, 0.1) is 0 Å². The number of carbonyl (C=O) groups excluding carboxylic acids is 2. The van der Waals surface area contributed by atoms with Crippen molar-refractivity contribution in [3.8, 4) is 5.75 Å². The molecular weight excluding hydrogens is 419 g/mol. The van der Waals surface area contributed by atoms with Gasteiger partial charge in [-0.2, -0.15) is 5.10 Å². The first kappa shape index (κ1) is 20.8. The van der Waals surface area contributed by atoms with Crippen molar-refractivity contribution in [2.75, 3.05) is 12.4 Å². The van der Waals surface area contributed by atoms with Crippen LogP contribution in [0.1, 0.15) is 33.7 Å². The molecule has 29 heavy (non-hydrogen) atoms. The Labute approximate surface area is 176 Å². The summed E-state index contributed by atoms with van der Waals surface area (Å²) < 4.78 is 12.7. The molecule has 8 nitrogen and oxygen atoms in total. The van der Waals surface area contributed by atoms with Crippen molar-refractivity contribution in [2.45, 2.75) is 20.1 Å². The van der Waals surface area contributed by atoms with Crippen molar-refractivity contribution in [3.05, 3.63) is 63.8 Å². The van der Waals surface area contributed by atoms with Gasteiger partial charge in [-0.3, -0.25) is 14.3 Å². The third kappa shape index (κ3) is 4.90. The highest BCUT2D eigenvalue weighted by molar-refractivity contribution is 6.35. The number of carbonyl (C=O) groups is 2. The van der Waals surface area contributed by atoms with E-state index in [0.29, 0.717) is 33.8 Å². The number of rotatable bonds is 7. The van der Waals surface area contributed by atoms with Gasteiger partial charge in [-0.15, -0.1) is 0 Å². The number of nitrogens with one attached hydrogen (secondary N) is 2. The second kappa shape index (κ2) is 9.02. The molecule has 152 valence electrons. The molecule has 2 N–H and O–H groups in total. The van der Waals surface area contributed by atoms with Gasteiger partial charge in [-0.1, -0.05) is 23.2 Å². The standard InChI is InChI=1S/C19H18Cl2N4O4/c1-3-25-9-14(17(24-25)19(27)22-2)23-18(26)16-7-5-12(29-16)10-28-15-6-4-11(20)8-13(15)21/h4-9H,3,10H2,1-2H3,(H,22,27)(H,23,26). The molecule has 3 aromatic rings. The van der Waals surface area contributed by atoms with Crippen LogP contribution >= 0.6 is 23.2 Å². The van der Waals surface area contributed by atoms with Gasteiger partial charge in [0, 0.05) is 24.8 Å². The molecule has 0 radical (unpaired) electrons. The van der Waals surface area contributed by atoms with E-state index in [9.17, 15) is 9.59 Å². The van der Waals surface area contributed by atoms with Gasteiger partial charge in [0.1, 0.15) is 18.1 Å². The minimum atomic E-state index is -0.512. The maximum atomic E-state index is 12.5. The zero-order valence-electron chi connectivity index (χ0n) is 15.7. The predicted molar refractivity (Wildman–Crippen MR) is 109 cm³/mol. The number of amides is 2. The molecule has 1 aromatic carbocycles. The Morgan fingerprint density at radius 2 is 2.00 bits per heavy atom. The van der Waals surface area contributed by atoms with Crippen molar-refractivity contribution in [1.82, 2.24) is 15.1 Å². The molecule has 2 amide bonds. The summed E-state index contributed by atoms with van der Waals surface area (Å²) in [5.74, 6) is 0.0259. The maximum absolute atomic E-state index is 12.5. The number of benzene rings is 1. The Kier molecular flexibility index (Phi) is 6.46. The Morgan fingerprint density at radius 1 is 1.21 bits per heavy atom. The van der Waals surface area contributed by atoms with E-state index in [4.69, 9.17) is 32.4 Å². The predicted octanol–water partition coefficient (Wildman–Crippen LogP) is 3.99.